The Hall–Kier alpha value is -3.47. The van der Waals surface area contributed by atoms with E-state index in [4.69, 9.17) is 10.7 Å². The van der Waals surface area contributed by atoms with Crippen molar-refractivity contribution in [3.8, 4) is 22.4 Å². The zero-order chi connectivity index (χ0) is 20.4. The minimum atomic E-state index is 0.447. The highest BCUT2D eigenvalue weighted by Gasteiger charge is 2.14. The summed E-state index contributed by atoms with van der Waals surface area (Å²) >= 11 is 0. The zero-order valence-electron chi connectivity index (χ0n) is 17.1. The number of anilines is 2. The van der Waals surface area contributed by atoms with Crippen molar-refractivity contribution in [3.05, 3.63) is 66.5 Å². The molecule has 2 aromatic carbocycles. The first-order chi connectivity index (χ1) is 14.1. The predicted molar refractivity (Wildman–Crippen MR) is 121 cm³/mol. The number of nitrogens with two attached hydrogens (primary N) is 1. The van der Waals surface area contributed by atoms with E-state index in [9.17, 15) is 0 Å². The standard InChI is InChI=1S/C24H25N5/c1-4-6-16-7-5-8-18(13-16)20-14-21-23(25)26-15-27-24(21)28-22(20)17-9-11-19(12-10-17)29(2)3/h5,7-15H,4,6H2,1-3H3,(H2,25,26,27,28). The Morgan fingerprint density at radius 1 is 0.931 bits per heavy atom. The van der Waals surface area contributed by atoms with Gasteiger partial charge in [-0.25, -0.2) is 15.0 Å². The quantitative estimate of drug-likeness (QED) is 0.527. The van der Waals surface area contributed by atoms with Crippen molar-refractivity contribution in [2.75, 3.05) is 24.7 Å². The lowest BCUT2D eigenvalue weighted by molar-refractivity contribution is 0.922. The molecule has 4 aromatic rings. The van der Waals surface area contributed by atoms with Gasteiger partial charge in [0.05, 0.1) is 11.1 Å². The van der Waals surface area contributed by atoms with E-state index in [-0.39, 0.29) is 0 Å². The molecule has 2 N–H and O–H groups in total. The molecule has 0 atom stereocenters. The Morgan fingerprint density at radius 3 is 2.45 bits per heavy atom. The number of nitrogens with zero attached hydrogens (tertiary/aromatic N) is 4. The van der Waals surface area contributed by atoms with Gasteiger partial charge in [0.15, 0.2) is 5.65 Å². The number of hydrogen-bond acceptors (Lipinski definition) is 5. The number of rotatable bonds is 5. The predicted octanol–water partition coefficient (Wildman–Crippen LogP) is 4.96. The monoisotopic (exact) mass is 383 g/mol. The van der Waals surface area contributed by atoms with Crippen LogP contribution >= 0.6 is 0 Å². The third kappa shape index (κ3) is 3.76. The summed E-state index contributed by atoms with van der Waals surface area (Å²) in [5.74, 6) is 0.447. The Labute approximate surface area is 171 Å². The average Bonchev–Trinajstić information content (AvgIpc) is 2.74. The molecule has 0 unspecified atom stereocenters. The van der Waals surface area contributed by atoms with Crippen molar-refractivity contribution in [3.63, 3.8) is 0 Å². The lowest BCUT2D eigenvalue weighted by atomic mass is 9.96. The van der Waals surface area contributed by atoms with Crippen LogP contribution in [-0.4, -0.2) is 29.0 Å². The summed E-state index contributed by atoms with van der Waals surface area (Å²) in [6.45, 7) is 2.19. The Bertz CT molecular complexity index is 1150. The van der Waals surface area contributed by atoms with Crippen molar-refractivity contribution in [1.82, 2.24) is 15.0 Å². The molecule has 2 aromatic heterocycles. The molecule has 0 saturated carbocycles. The van der Waals surface area contributed by atoms with Crippen molar-refractivity contribution in [2.45, 2.75) is 19.8 Å². The second kappa shape index (κ2) is 7.87. The van der Waals surface area contributed by atoms with Crippen LogP contribution in [0, 0.1) is 0 Å². The molecule has 0 bridgehead atoms. The molecule has 29 heavy (non-hydrogen) atoms. The number of aromatic nitrogens is 3. The van der Waals surface area contributed by atoms with Gasteiger partial charge in [0.25, 0.3) is 0 Å². The fourth-order valence-electron chi connectivity index (χ4n) is 3.55. The molecular weight excluding hydrogens is 358 g/mol. The average molecular weight is 383 g/mol. The highest BCUT2D eigenvalue weighted by molar-refractivity contribution is 5.94. The lowest BCUT2D eigenvalue weighted by Gasteiger charge is -2.15. The number of pyridine rings is 1. The number of benzene rings is 2. The van der Waals surface area contributed by atoms with Gasteiger partial charge in [0.2, 0.25) is 0 Å². The summed E-state index contributed by atoms with van der Waals surface area (Å²) in [5.41, 5.74) is 13.3. The highest BCUT2D eigenvalue weighted by atomic mass is 15.1. The molecule has 0 aliphatic carbocycles. The Morgan fingerprint density at radius 2 is 1.72 bits per heavy atom. The molecule has 0 amide bonds. The van der Waals surface area contributed by atoms with Crippen molar-refractivity contribution < 1.29 is 0 Å². The van der Waals surface area contributed by atoms with E-state index in [1.165, 1.54) is 11.9 Å². The second-order valence-electron chi connectivity index (χ2n) is 7.41. The van der Waals surface area contributed by atoms with E-state index in [0.29, 0.717) is 11.5 Å². The molecule has 0 saturated heterocycles. The molecule has 5 nitrogen and oxygen atoms in total. The van der Waals surface area contributed by atoms with Gasteiger partial charge in [-0.1, -0.05) is 49.7 Å². The Kier molecular flexibility index (Phi) is 5.12. The van der Waals surface area contributed by atoms with Crippen molar-refractivity contribution in [1.29, 1.82) is 0 Å². The fourth-order valence-corrected chi connectivity index (χ4v) is 3.55. The first kappa shape index (κ1) is 18.9. The maximum absolute atomic E-state index is 6.13. The number of nitrogen functional groups attached to an aromatic ring is 1. The molecule has 0 aliphatic rings. The second-order valence-corrected chi connectivity index (χ2v) is 7.41. The van der Waals surface area contributed by atoms with Crippen LogP contribution < -0.4 is 10.6 Å². The maximum Gasteiger partial charge on any atom is 0.165 e. The van der Waals surface area contributed by atoms with E-state index in [1.54, 1.807) is 0 Å². The highest BCUT2D eigenvalue weighted by Crippen LogP contribution is 2.35. The molecule has 0 aliphatic heterocycles. The third-order valence-electron chi connectivity index (χ3n) is 5.09. The van der Waals surface area contributed by atoms with Crippen LogP contribution in [0.5, 0.6) is 0 Å². The van der Waals surface area contributed by atoms with Crippen LogP contribution in [0.4, 0.5) is 11.5 Å². The minimum absolute atomic E-state index is 0.447. The van der Waals surface area contributed by atoms with Gasteiger partial charge in [-0.2, -0.15) is 0 Å². The van der Waals surface area contributed by atoms with Crippen molar-refractivity contribution in [2.24, 2.45) is 0 Å². The number of aryl methyl sites for hydroxylation is 1. The largest absolute Gasteiger partial charge is 0.383 e. The van der Waals surface area contributed by atoms with Crippen LogP contribution in [0.2, 0.25) is 0 Å². The normalized spacial score (nSPS) is 11.0. The van der Waals surface area contributed by atoms with Gasteiger partial charge in [-0.05, 0) is 35.7 Å². The van der Waals surface area contributed by atoms with E-state index in [1.807, 2.05) is 14.1 Å². The summed E-state index contributed by atoms with van der Waals surface area (Å²) in [6.07, 6.45) is 3.62. The number of fused-ring (bicyclic) bond motifs is 1. The molecular formula is C24H25N5. The van der Waals surface area contributed by atoms with Gasteiger partial charge < -0.3 is 10.6 Å². The zero-order valence-corrected chi connectivity index (χ0v) is 17.1. The van der Waals surface area contributed by atoms with Crippen LogP contribution in [-0.2, 0) is 6.42 Å². The van der Waals surface area contributed by atoms with E-state index in [0.717, 1.165) is 46.3 Å². The third-order valence-corrected chi connectivity index (χ3v) is 5.09. The SMILES string of the molecule is CCCc1cccc(-c2cc3c(N)ncnc3nc2-c2ccc(N(C)C)cc2)c1. The molecule has 0 radical (unpaired) electrons. The van der Waals surface area contributed by atoms with Gasteiger partial charge in [0.1, 0.15) is 12.1 Å². The molecule has 2 heterocycles. The Balaban J connectivity index is 1.94. The summed E-state index contributed by atoms with van der Waals surface area (Å²) in [7, 11) is 4.07. The maximum atomic E-state index is 6.13. The van der Waals surface area contributed by atoms with Gasteiger partial charge in [0, 0.05) is 30.9 Å². The first-order valence-corrected chi connectivity index (χ1v) is 9.85. The smallest absolute Gasteiger partial charge is 0.165 e. The summed E-state index contributed by atoms with van der Waals surface area (Å²) in [4.78, 5) is 15.5. The van der Waals surface area contributed by atoms with E-state index >= 15 is 0 Å². The van der Waals surface area contributed by atoms with E-state index < -0.39 is 0 Å². The van der Waals surface area contributed by atoms with Crippen molar-refractivity contribution >= 4 is 22.5 Å². The lowest BCUT2D eigenvalue weighted by Crippen LogP contribution is -2.08. The summed E-state index contributed by atoms with van der Waals surface area (Å²) < 4.78 is 0. The molecule has 0 spiro atoms. The fraction of sp³-hybridized carbons (Fsp3) is 0.208. The molecule has 146 valence electrons. The first-order valence-electron chi connectivity index (χ1n) is 9.85. The van der Waals surface area contributed by atoms with Gasteiger partial charge in [-0.3, -0.25) is 0 Å². The van der Waals surface area contributed by atoms with Gasteiger partial charge >= 0.3 is 0 Å². The van der Waals surface area contributed by atoms with Crippen LogP contribution in [0.1, 0.15) is 18.9 Å². The minimum Gasteiger partial charge on any atom is -0.383 e. The van der Waals surface area contributed by atoms with Crippen LogP contribution in [0.3, 0.4) is 0 Å². The van der Waals surface area contributed by atoms with Gasteiger partial charge in [-0.15, -0.1) is 0 Å². The number of hydrogen-bond donors (Lipinski definition) is 1. The molecule has 5 heteroatoms. The topological polar surface area (TPSA) is 67.9 Å². The summed E-state index contributed by atoms with van der Waals surface area (Å²) in [6, 6.07) is 19.1. The molecule has 4 rings (SSSR count). The summed E-state index contributed by atoms with van der Waals surface area (Å²) in [5, 5.41) is 0.775. The van der Waals surface area contributed by atoms with Crippen LogP contribution in [0.25, 0.3) is 33.4 Å². The molecule has 0 fully saturated rings. The van der Waals surface area contributed by atoms with E-state index in [2.05, 4.69) is 76.4 Å². The van der Waals surface area contributed by atoms with Crippen LogP contribution in [0.15, 0.2) is 60.9 Å².